The summed E-state index contributed by atoms with van der Waals surface area (Å²) in [6, 6.07) is 0. The predicted octanol–water partition coefficient (Wildman–Crippen LogP) is 3.13. The molecule has 88 valence electrons. The quantitative estimate of drug-likeness (QED) is 0.713. The lowest BCUT2D eigenvalue weighted by molar-refractivity contribution is -0.128. The van der Waals surface area contributed by atoms with Gasteiger partial charge in [-0.15, -0.1) is 0 Å². The Labute approximate surface area is 93.9 Å². The van der Waals surface area contributed by atoms with Crippen LogP contribution in [-0.4, -0.2) is 5.91 Å². The van der Waals surface area contributed by atoms with Gasteiger partial charge in [0.2, 0.25) is 5.91 Å². The molecule has 2 heteroatoms. The average molecular weight is 211 g/mol. The van der Waals surface area contributed by atoms with E-state index >= 15 is 0 Å². The zero-order valence-electron chi connectivity index (χ0n) is 10.9. The Morgan fingerprint density at radius 1 is 1.33 bits per heavy atom. The van der Waals surface area contributed by atoms with E-state index in [0.717, 1.165) is 6.42 Å². The summed E-state index contributed by atoms with van der Waals surface area (Å²) in [7, 11) is 0. The van der Waals surface area contributed by atoms with Gasteiger partial charge in [0, 0.05) is 0 Å². The summed E-state index contributed by atoms with van der Waals surface area (Å²) in [6.45, 7) is 12.4. The molecule has 0 aliphatic heterocycles. The standard InChI is InChI=1S/C13H25NO/c1-7-8-13(10(2)3,11(14)15)9-12(4,5)6/h7-8,10H,9H2,1-6H3,(H2,14,15). The van der Waals surface area contributed by atoms with Gasteiger partial charge >= 0.3 is 0 Å². The Bertz CT molecular complexity index is 248. The van der Waals surface area contributed by atoms with Crippen LogP contribution in [0.15, 0.2) is 12.2 Å². The van der Waals surface area contributed by atoms with Gasteiger partial charge < -0.3 is 5.73 Å². The number of hydrogen-bond acceptors (Lipinski definition) is 1. The Morgan fingerprint density at radius 2 is 1.80 bits per heavy atom. The number of carbonyl (C=O) groups is 1. The van der Waals surface area contributed by atoms with E-state index in [-0.39, 0.29) is 17.2 Å². The van der Waals surface area contributed by atoms with Crippen molar-refractivity contribution in [3.63, 3.8) is 0 Å². The topological polar surface area (TPSA) is 43.1 Å². The van der Waals surface area contributed by atoms with Crippen molar-refractivity contribution in [1.29, 1.82) is 0 Å². The molecule has 2 nitrogen and oxygen atoms in total. The van der Waals surface area contributed by atoms with Gasteiger partial charge in [0.15, 0.2) is 0 Å². The highest BCUT2D eigenvalue weighted by Gasteiger charge is 2.40. The van der Waals surface area contributed by atoms with Gasteiger partial charge in [0.1, 0.15) is 0 Å². The first-order valence-electron chi connectivity index (χ1n) is 5.59. The zero-order chi connectivity index (χ0) is 12.3. The van der Waals surface area contributed by atoms with Crippen molar-refractivity contribution in [3.8, 4) is 0 Å². The summed E-state index contributed by atoms with van der Waals surface area (Å²) in [4.78, 5) is 11.7. The molecule has 0 fully saturated rings. The maximum atomic E-state index is 11.7. The predicted molar refractivity (Wildman–Crippen MR) is 65.4 cm³/mol. The maximum absolute atomic E-state index is 11.7. The minimum atomic E-state index is -0.507. The maximum Gasteiger partial charge on any atom is 0.227 e. The molecule has 15 heavy (non-hydrogen) atoms. The van der Waals surface area contributed by atoms with Crippen LogP contribution < -0.4 is 5.73 Å². The number of rotatable bonds is 4. The molecular weight excluding hydrogens is 186 g/mol. The molecule has 0 saturated heterocycles. The molecule has 0 saturated carbocycles. The summed E-state index contributed by atoms with van der Waals surface area (Å²) in [5.41, 5.74) is 5.16. The van der Waals surface area contributed by atoms with Crippen LogP contribution >= 0.6 is 0 Å². The van der Waals surface area contributed by atoms with Crippen molar-refractivity contribution >= 4 is 5.91 Å². The van der Waals surface area contributed by atoms with E-state index in [4.69, 9.17) is 5.73 Å². The van der Waals surface area contributed by atoms with Crippen molar-refractivity contribution in [1.82, 2.24) is 0 Å². The molecule has 1 amide bonds. The highest BCUT2D eigenvalue weighted by Crippen LogP contribution is 2.40. The molecule has 0 aliphatic carbocycles. The van der Waals surface area contributed by atoms with Gasteiger partial charge in [-0.1, -0.05) is 46.8 Å². The van der Waals surface area contributed by atoms with Gasteiger partial charge in [-0.2, -0.15) is 0 Å². The molecule has 2 N–H and O–H groups in total. The van der Waals surface area contributed by atoms with Crippen molar-refractivity contribution in [2.24, 2.45) is 22.5 Å². The largest absolute Gasteiger partial charge is 0.369 e. The van der Waals surface area contributed by atoms with Crippen LogP contribution in [0.25, 0.3) is 0 Å². The zero-order valence-corrected chi connectivity index (χ0v) is 10.9. The van der Waals surface area contributed by atoms with Crippen molar-refractivity contribution in [2.75, 3.05) is 0 Å². The lowest BCUT2D eigenvalue weighted by Crippen LogP contribution is -2.42. The van der Waals surface area contributed by atoms with E-state index in [0.29, 0.717) is 0 Å². The monoisotopic (exact) mass is 211 g/mol. The van der Waals surface area contributed by atoms with E-state index in [1.807, 2.05) is 19.1 Å². The average Bonchev–Trinajstić information content (AvgIpc) is 1.99. The first kappa shape index (κ1) is 14.2. The van der Waals surface area contributed by atoms with Gasteiger partial charge in [0.25, 0.3) is 0 Å². The Hall–Kier alpha value is -0.790. The number of carbonyl (C=O) groups excluding carboxylic acids is 1. The van der Waals surface area contributed by atoms with Gasteiger partial charge in [-0.05, 0) is 24.7 Å². The van der Waals surface area contributed by atoms with Crippen molar-refractivity contribution in [2.45, 2.75) is 48.0 Å². The van der Waals surface area contributed by atoms with Crippen LogP contribution in [0.4, 0.5) is 0 Å². The molecule has 0 aromatic heterocycles. The lowest BCUT2D eigenvalue weighted by atomic mass is 9.67. The number of allylic oxidation sites excluding steroid dienone is 1. The molecule has 0 bridgehead atoms. The Morgan fingerprint density at radius 3 is 2.00 bits per heavy atom. The molecular formula is C13H25NO. The molecule has 1 atom stereocenters. The second-order valence-corrected chi connectivity index (χ2v) is 5.80. The van der Waals surface area contributed by atoms with E-state index in [9.17, 15) is 4.79 Å². The molecule has 0 aliphatic rings. The fourth-order valence-corrected chi connectivity index (χ4v) is 2.08. The summed E-state index contributed by atoms with van der Waals surface area (Å²) >= 11 is 0. The van der Waals surface area contributed by atoms with Gasteiger partial charge in [0.05, 0.1) is 5.41 Å². The summed E-state index contributed by atoms with van der Waals surface area (Å²) in [6.07, 6.45) is 4.68. The van der Waals surface area contributed by atoms with Crippen LogP contribution in [0.3, 0.4) is 0 Å². The minimum Gasteiger partial charge on any atom is -0.369 e. The van der Waals surface area contributed by atoms with Gasteiger partial charge in [-0.25, -0.2) is 0 Å². The highest BCUT2D eigenvalue weighted by molar-refractivity contribution is 5.83. The second kappa shape index (κ2) is 4.82. The fraction of sp³-hybridized carbons (Fsp3) is 0.769. The van der Waals surface area contributed by atoms with Crippen molar-refractivity contribution in [3.05, 3.63) is 12.2 Å². The Kier molecular flexibility index (Phi) is 4.57. The third-order valence-corrected chi connectivity index (χ3v) is 2.78. The molecule has 0 heterocycles. The van der Waals surface area contributed by atoms with E-state index in [1.165, 1.54) is 0 Å². The SMILES string of the molecule is CC=CC(CC(C)(C)C)(C(N)=O)C(C)C. The van der Waals surface area contributed by atoms with E-state index in [2.05, 4.69) is 34.6 Å². The van der Waals surface area contributed by atoms with Gasteiger partial charge in [-0.3, -0.25) is 4.79 Å². The molecule has 0 radical (unpaired) electrons. The van der Waals surface area contributed by atoms with Crippen LogP contribution in [-0.2, 0) is 4.79 Å². The summed E-state index contributed by atoms with van der Waals surface area (Å²) in [5.74, 6) is 0.0101. The first-order chi connectivity index (χ1) is 6.65. The summed E-state index contributed by atoms with van der Waals surface area (Å²) < 4.78 is 0. The van der Waals surface area contributed by atoms with Crippen LogP contribution in [0.2, 0.25) is 0 Å². The third kappa shape index (κ3) is 3.69. The van der Waals surface area contributed by atoms with Crippen molar-refractivity contribution < 1.29 is 4.79 Å². The molecule has 0 spiro atoms. The number of amides is 1. The normalized spacial score (nSPS) is 17.0. The number of hydrogen-bond donors (Lipinski definition) is 1. The number of nitrogens with two attached hydrogens (primary N) is 1. The number of primary amides is 1. The summed E-state index contributed by atoms with van der Waals surface area (Å²) in [5, 5.41) is 0. The molecule has 1 unspecified atom stereocenters. The molecule has 0 aromatic carbocycles. The minimum absolute atomic E-state index is 0.0960. The molecule has 0 rings (SSSR count). The smallest absolute Gasteiger partial charge is 0.227 e. The highest BCUT2D eigenvalue weighted by atomic mass is 16.1. The first-order valence-corrected chi connectivity index (χ1v) is 5.59. The van der Waals surface area contributed by atoms with Crippen LogP contribution in [0, 0.1) is 16.7 Å². The Balaban J connectivity index is 5.24. The molecule has 0 aromatic rings. The van der Waals surface area contributed by atoms with Crippen LogP contribution in [0.5, 0.6) is 0 Å². The second-order valence-electron chi connectivity index (χ2n) is 5.80. The lowest BCUT2D eigenvalue weighted by Gasteiger charge is -2.37. The van der Waals surface area contributed by atoms with Crippen LogP contribution in [0.1, 0.15) is 48.0 Å². The third-order valence-electron chi connectivity index (χ3n) is 2.78. The van der Waals surface area contributed by atoms with E-state index < -0.39 is 5.41 Å². The van der Waals surface area contributed by atoms with E-state index in [1.54, 1.807) is 0 Å². The fourth-order valence-electron chi connectivity index (χ4n) is 2.08.